The van der Waals surface area contributed by atoms with E-state index in [9.17, 15) is 4.39 Å². The van der Waals surface area contributed by atoms with E-state index in [1.807, 2.05) is 6.07 Å². The quantitative estimate of drug-likeness (QED) is 0.833. The Hall–Kier alpha value is -1.09. The third-order valence-electron chi connectivity index (χ3n) is 3.40. The van der Waals surface area contributed by atoms with Gasteiger partial charge in [-0.05, 0) is 34.9 Å². The summed E-state index contributed by atoms with van der Waals surface area (Å²) in [5.41, 5.74) is 9.52. The summed E-state index contributed by atoms with van der Waals surface area (Å²) in [5.74, 6) is -0.275. The van der Waals surface area contributed by atoms with Gasteiger partial charge in [-0.3, -0.25) is 0 Å². The van der Waals surface area contributed by atoms with Crippen LogP contribution < -0.4 is 5.73 Å². The molecule has 18 heavy (non-hydrogen) atoms. The highest BCUT2D eigenvalue weighted by molar-refractivity contribution is 6.44. The van der Waals surface area contributed by atoms with Crippen LogP contribution in [0.2, 0.25) is 10.0 Å². The monoisotopic (exact) mass is 281 g/mol. The van der Waals surface area contributed by atoms with Crippen molar-refractivity contribution in [3.8, 4) is 11.1 Å². The minimum atomic E-state index is -0.262. The van der Waals surface area contributed by atoms with Crippen LogP contribution >= 0.6 is 23.2 Å². The maximum Gasteiger partial charge on any atom is 0.123 e. The van der Waals surface area contributed by atoms with Crippen LogP contribution in [0, 0.1) is 5.82 Å². The molecule has 2 aromatic carbocycles. The van der Waals surface area contributed by atoms with E-state index in [1.54, 1.807) is 12.1 Å². The average molecular weight is 282 g/mol. The molecular weight excluding hydrogens is 272 g/mol. The lowest BCUT2D eigenvalue weighted by Crippen LogP contribution is -2.11. The minimum Gasteiger partial charge on any atom is -0.330 e. The van der Waals surface area contributed by atoms with Crippen LogP contribution in [0.15, 0.2) is 30.3 Å². The van der Waals surface area contributed by atoms with Crippen molar-refractivity contribution in [3.63, 3.8) is 0 Å². The van der Waals surface area contributed by atoms with E-state index in [-0.39, 0.29) is 11.7 Å². The molecule has 4 heteroatoms. The second kappa shape index (κ2) is 4.23. The summed E-state index contributed by atoms with van der Waals surface area (Å²) in [7, 11) is 0. The Labute approximate surface area is 114 Å². The van der Waals surface area contributed by atoms with Crippen molar-refractivity contribution in [1.29, 1.82) is 0 Å². The SMILES string of the molecule is NCC1c2cc(F)ccc2-c2c1ccc(Cl)c2Cl. The standard InChI is InChI=1S/C14H10Cl2FN/c15-12-4-3-9-11(6-18)10-5-7(17)1-2-8(10)13(9)14(12)16/h1-5,11H,6,18H2. The molecular formula is C14H10Cl2FN. The first-order valence-electron chi connectivity index (χ1n) is 5.61. The van der Waals surface area contributed by atoms with Gasteiger partial charge in [0.2, 0.25) is 0 Å². The average Bonchev–Trinajstić information content (AvgIpc) is 2.67. The summed E-state index contributed by atoms with van der Waals surface area (Å²) < 4.78 is 13.4. The van der Waals surface area contributed by atoms with Gasteiger partial charge in [-0.2, -0.15) is 0 Å². The number of hydrogen-bond donors (Lipinski definition) is 1. The van der Waals surface area contributed by atoms with E-state index in [4.69, 9.17) is 28.9 Å². The molecule has 0 spiro atoms. The lowest BCUT2D eigenvalue weighted by Gasteiger charge is -2.10. The Morgan fingerprint density at radius 2 is 1.89 bits per heavy atom. The van der Waals surface area contributed by atoms with Crippen molar-refractivity contribution in [2.45, 2.75) is 5.92 Å². The van der Waals surface area contributed by atoms with Gasteiger partial charge in [0.25, 0.3) is 0 Å². The van der Waals surface area contributed by atoms with Gasteiger partial charge in [-0.15, -0.1) is 0 Å². The maximum atomic E-state index is 13.4. The molecule has 1 aliphatic carbocycles. The first-order chi connectivity index (χ1) is 8.63. The molecule has 0 saturated carbocycles. The van der Waals surface area contributed by atoms with E-state index in [1.165, 1.54) is 12.1 Å². The predicted molar refractivity (Wildman–Crippen MR) is 72.8 cm³/mol. The molecule has 0 saturated heterocycles. The van der Waals surface area contributed by atoms with Crippen LogP contribution in [0.4, 0.5) is 4.39 Å². The zero-order valence-electron chi connectivity index (χ0n) is 9.38. The van der Waals surface area contributed by atoms with E-state index < -0.39 is 0 Å². The summed E-state index contributed by atoms with van der Waals surface area (Å²) in [5, 5.41) is 1.02. The summed E-state index contributed by atoms with van der Waals surface area (Å²) >= 11 is 12.3. The van der Waals surface area contributed by atoms with Crippen molar-refractivity contribution in [3.05, 3.63) is 57.3 Å². The lowest BCUT2D eigenvalue weighted by atomic mass is 9.97. The second-order valence-electron chi connectivity index (χ2n) is 4.35. The van der Waals surface area contributed by atoms with Crippen molar-refractivity contribution >= 4 is 23.2 Å². The van der Waals surface area contributed by atoms with Gasteiger partial charge < -0.3 is 5.73 Å². The van der Waals surface area contributed by atoms with Crippen LogP contribution in [0.3, 0.4) is 0 Å². The Morgan fingerprint density at radius 3 is 2.61 bits per heavy atom. The molecule has 2 aromatic rings. The van der Waals surface area contributed by atoms with Crippen molar-refractivity contribution in [2.75, 3.05) is 6.54 Å². The molecule has 0 aliphatic heterocycles. The fraction of sp³-hybridized carbons (Fsp3) is 0.143. The number of halogens is 3. The van der Waals surface area contributed by atoms with Crippen molar-refractivity contribution in [2.24, 2.45) is 5.73 Å². The minimum absolute atomic E-state index is 0.0135. The number of rotatable bonds is 1. The summed E-state index contributed by atoms with van der Waals surface area (Å²) in [6, 6.07) is 8.36. The maximum absolute atomic E-state index is 13.4. The summed E-state index contributed by atoms with van der Waals surface area (Å²) in [6.07, 6.45) is 0. The van der Waals surface area contributed by atoms with Gasteiger partial charge in [-0.1, -0.05) is 35.3 Å². The van der Waals surface area contributed by atoms with Crippen LogP contribution in [-0.2, 0) is 0 Å². The van der Waals surface area contributed by atoms with E-state index in [2.05, 4.69) is 0 Å². The smallest absolute Gasteiger partial charge is 0.123 e. The van der Waals surface area contributed by atoms with Gasteiger partial charge in [0.05, 0.1) is 10.0 Å². The van der Waals surface area contributed by atoms with Crippen molar-refractivity contribution < 1.29 is 4.39 Å². The summed E-state index contributed by atoms with van der Waals surface area (Å²) in [4.78, 5) is 0. The van der Waals surface area contributed by atoms with Gasteiger partial charge in [0, 0.05) is 18.0 Å². The Kier molecular flexibility index (Phi) is 2.81. The van der Waals surface area contributed by atoms with Crippen LogP contribution in [0.5, 0.6) is 0 Å². The largest absolute Gasteiger partial charge is 0.330 e. The summed E-state index contributed by atoms with van der Waals surface area (Å²) in [6.45, 7) is 0.418. The highest BCUT2D eigenvalue weighted by Gasteiger charge is 2.30. The van der Waals surface area contributed by atoms with Gasteiger partial charge in [-0.25, -0.2) is 4.39 Å². The van der Waals surface area contributed by atoms with Gasteiger partial charge in [0.1, 0.15) is 5.82 Å². The molecule has 0 heterocycles. The normalized spacial score (nSPS) is 16.6. The van der Waals surface area contributed by atoms with Crippen LogP contribution in [-0.4, -0.2) is 6.54 Å². The zero-order valence-corrected chi connectivity index (χ0v) is 10.9. The van der Waals surface area contributed by atoms with E-state index in [0.717, 1.165) is 22.3 Å². The molecule has 1 unspecified atom stereocenters. The first kappa shape index (κ1) is 12.0. The second-order valence-corrected chi connectivity index (χ2v) is 5.13. The number of nitrogens with two attached hydrogens (primary N) is 1. The van der Waals surface area contributed by atoms with Crippen LogP contribution in [0.1, 0.15) is 17.0 Å². The highest BCUT2D eigenvalue weighted by Crippen LogP contribution is 2.49. The third-order valence-corrected chi connectivity index (χ3v) is 4.20. The van der Waals surface area contributed by atoms with Crippen molar-refractivity contribution in [1.82, 2.24) is 0 Å². The molecule has 0 bridgehead atoms. The molecule has 1 nitrogen and oxygen atoms in total. The topological polar surface area (TPSA) is 26.0 Å². The molecule has 0 amide bonds. The lowest BCUT2D eigenvalue weighted by molar-refractivity contribution is 0.624. The number of benzene rings is 2. The number of hydrogen-bond acceptors (Lipinski definition) is 1. The predicted octanol–water partition coefficient (Wildman–Crippen LogP) is 4.20. The van der Waals surface area contributed by atoms with Gasteiger partial charge >= 0.3 is 0 Å². The molecule has 3 rings (SSSR count). The molecule has 0 aromatic heterocycles. The Balaban J connectivity index is 2.35. The number of fused-ring (bicyclic) bond motifs is 3. The first-order valence-corrected chi connectivity index (χ1v) is 6.37. The Bertz CT molecular complexity index is 640. The zero-order chi connectivity index (χ0) is 12.9. The fourth-order valence-corrected chi connectivity index (χ4v) is 3.03. The Morgan fingerprint density at radius 1 is 1.11 bits per heavy atom. The van der Waals surface area contributed by atoms with E-state index in [0.29, 0.717) is 16.6 Å². The fourth-order valence-electron chi connectivity index (χ4n) is 2.60. The highest BCUT2D eigenvalue weighted by atomic mass is 35.5. The molecule has 1 aliphatic rings. The van der Waals surface area contributed by atoms with Gasteiger partial charge in [0.15, 0.2) is 0 Å². The molecule has 0 radical (unpaired) electrons. The molecule has 92 valence electrons. The molecule has 2 N–H and O–H groups in total. The van der Waals surface area contributed by atoms with E-state index >= 15 is 0 Å². The third kappa shape index (κ3) is 1.57. The molecule has 0 fully saturated rings. The van der Waals surface area contributed by atoms with Crippen LogP contribution in [0.25, 0.3) is 11.1 Å². The molecule has 1 atom stereocenters.